The van der Waals surface area contributed by atoms with Crippen molar-refractivity contribution in [3.8, 4) is 0 Å². The Bertz CT molecular complexity index is 540. The van der Waals surface area contributed by atoms with Crippen LogP contribution >= 0.6 is 0 Å². The number of amides is 1. The highest BCUT2D eigenvalue weighted by Crippen LogP contribution is 2.14. The molecule has 2 aromatic heterocycles. The van der Waals surface area contributed by atoms with Crippen molar-refractivity contribution >= 4 is 11.7 Å². The standard InChI is InChI=1S/C12H12FN3O2/c1-14-11-10(13)9(2-4-15-11)12(17)16-6-8-3-5-18-7-8/h2-5,7H,6H2,1H3,(H,14,15)(H,16,17). The molecule has 0 spiro atoms. The van der Waals surface area contributed by atoms with E-state index < -0.39 is 11.7 Å². The maximum atomic E-state index is 13.8. The summed E-state index contributed by atoms with van der Waals surface area (Å²) in [6.07, 6.45) is 4.40. The molecule has 0 radical (unpaired) electrons. The minimum atomic E-state index is -0.662. The van der Waals surface area contributed by atoms with Crippen LogP contribution in [0.3, 0.4) is 0 Å². The topological polar surface area (TPSA) is 67.2 Å². The zero-order valence-corrected chi connectivity index (χ0v) is 9.74. The van der Waals surface area contributed by atoms with Gasteiger partial charge in [-0.15, -0.1) is 0 Å². The molecule has 0 atom stereocenters. The molecule has 94 valence electrons. The van der Waals surface area contributed by atoms with Gasteiger partial charge in [0, 0.05) is 25.4 Å². The van der Waals surface area contributed by atoms with Gasteiger partial charge in [-0.25, -0.2) is 9.37 Å². The summed E-state index contributed by atoms with van der Waals surface area (Å²) in [5.74, 6) is -1.11. The highest BCUT2D eigenvalue weighted by Gasteiger charge is 2.15. The molecule has 0 aliphatic heterocycles. The lowest BCUT2D eigenvalue weighted by Crippen LogP contribution is -2.24. The number of furan rings is 1. The summed E-state index contributed by atoms with van der Waals surface area (Å²) in [5.41, 5.74) is 0.768. The lowest BCUT2D eigenvalue weighted by molar-refractivity contribution is 0.0947. The molecule has 2 N–H and O–H groups in total. The molecular formula is C12H12FN3O2. The van der Waals surface area contributed by atoms with Crippen molar-refractivity contribution in [2.24, 2.45) is 0 Å². The van der Waals surface area contributed by atoms with Crippen molar-refractivity contribution < 1.29 is 13.6 Å². The van der Waals surface area contributed by atoms with Crippen LogP contribution in [0, 0.1) is 5.82 Å². The molecular weight excluding hydrogens is 237 g/mol. The SMILES string of the molecule is CNc1nccc(C(=O)NCc2ccoc2)c1F. The number of pyridine rings is 1. The second-order valence-electron chi connectivity index (χ2n) is 3.59. The van der Waals surface area contributed by atoms with Gasteiger partial charge in [0.1, 0.15) is 0 Å². The molecule has 5 nitrogen and oxygen atoms in total. The number of nitrogens with one attached hydrogen (secondary N) is 2. The summed E-state index contributed by atoms with van der Waals surface area (Å²) in [4.78, 5) is 15.6. The third kappa shape index (κ3) is 2.48. The van der Waals surface area contributed by atoms with E-state index in [0.717, 1.165) is 5.56 Å². The minimum absolute atomic E-state index is 0.0437. The molecule has 1 amide bonds. The van der Waals surface area contributed by atoms with Crippen molar-refractivity contribution in [3.05, 3.63) is 47.8 Å². The van der Waals surface area contributed by atoms with Crippen molar-refractivity contribution in [2.45, 2.75) is 6.54 Å². The predicted molar refractivity (Wildman–Crippen MR) is 63.6 cm³/mol. The van der Waals surface area contributed by atoms with Gasteiger partial charge in [-0.3, -0.25) is 4.79 Å². The van der Waals surface area contributed by atoms with Crippen LogP contribution in [0.1, 0.15) is 15.9 Å². The largest absolute Gasteiger partial charge is 0.472 e. The average molecular weight is 249 g/mol. The van der Waals surface area contributed by atoms with Crippen LogP contribution in [0.4, 0.5) is 10.2 Å². The zero-order chi connectivity index (χ0) is 13.0. The van der Waals surface area contributed by atoms with Crippen LogP contribution in [-0.2, 0) is 6.54 Å². The number of aromatic nitrogens is 1. The maximum Gasteiger partial charge on any atom is 0.254 e. The Morgan fingerprint density at radius 1 is 1.50 bits per heavy atom. The Balaban J connectivity index is 2.09. The van der Waals surface area contributed by atoms with Gasteiger partial charge >= 0.3 is 0 Å². The van der Waals surface area contributed by atoms with E-state index in [4.69, 9.17) is 4.42 Å². The number of nitrogens with zero attached hydrogens (tertiary/aromatic N) is 1. The van der Waals surface area contributed by atoms with E-state index in [1.165, 1.54) is 24.8 Å². The van der Waals surface area contributed by atoms with E-state index in [1.54, 1.807) is 13.1 Å². The summed E-state index contributed by atoms with van der Waals surface area (Å²) in [7, 11) is 1.54. The Kier molecular flexibility index (Phi) is 3.57. The summed E-state index contributed by atoms with van der Waals surface area (Å²) in [5, 5.41) is 5.18. The van der Waals surface area contributed by atoms with Crippen LogP contribution in [-0.4, -0.2) is 17.9 Å². The van der Waals surface area contributed by atoms with Gasteiger partial charge in [-0.2, -0.15) is 0 Å². The normalized spacial score (nSPS) is 10.1. The van der Waals surface area contributed by atoms with Crippen LogP contribution in [0.25, 0.3) is 0 Å². The highest BCUT2D eigenvalue weighted by atomic mass is 19.1. The first-order valence-corrected chi connectivity index (χ1v) is 5.34. The van der Waals surface area contributed by atoms with Gasteiger partial charge in [0.25, 0.3) is 5.91 Å². The minimum Gasteiger partial charge on any atom is -0.472 e. The van der Waals surface area contributed by atoms with E-state index in [0.29, 0.717) is 0 Å². The number of rotatable bonds is 4. The zero-order valence-electron chi connectivity index (χ0n) is 9.74. The van der Waals surface area contributed by atoms with Gasteiger partial charge in [-0.1, -0.05) is 0 Å². The molecule has 0 saturated carbocycles. The molecule has 2 rings (SSSR count). The van der Waals surface area contributed by atoms with Crippen molar-refractivity contribution in [3.63, 3.8) is 0 Å². The average Bonchev–Trinajstić information content (AvgIpc) is 2.89. The van der Waals surface area contributed by atoms with E-state index in [2.05, 4.69) is 15.6 Å². The first kappa shape index (κ1) is 12.1. The van der Waals surface area contributed by atoms with Gasteiger partial charge in [0.2, 0.25) is 0 Å². The second kappa shape index (κ2) is 5.31. The molecule has 0 saturated heterocycles. The number of carbonyl (C=O) groups excluding carboxylic acids is 1. The van der Waals surface area contributed by atoms with Crippen LogP contribution in [0.5, 0.6) is 0 Å². The molecule has 2 heterocycles. The molecule has 0 aromatic carbocycles. The third-order valence-electron chi connectivity index (χ3n) is 2.40. The number of hydrogen-bond acceptors (Lipinski definition) is 4. The lowest BCUT2D eigenvalue weighted by Gasteiger charge is -2.07. The van der Waals surface area contributed by atoms with Crippen LogP contribution in [0.15, 0.2) is 35.3 Å². The van der Waals surface area contributed by atoms with Crippen molar-refractivity contribution in [1.82, 2.24) is 10.3 Å². The number of anilines is 1. The van der Waals surface area contributed by atoms with Crippen molar-refractivity contribution in [1.29, 1.82) is 0 Å². The maximum absolute atomic E-state index is 13.8. The summed E-state index contributed by atoms with van der Waals surface area (Å²) in [6.45, 7) is 0.284. The summed E-state index contributed by atoms with van der Waals surface area (Å²) in [6, 6.07) is 3.06. The first-order valence-electron chi connectivity index (χ1n) is 5.34. The second-order valence-corrected chi connectivity index (χ2v) is 3.59. The van der Waals surface area contributed by atoms with Crippen LogP contribution < -0.4 is 10.6 Å². The Morgan fingerprint density at radius 2 is 2.33 bits per heavy atom. The van der Waals surface area contributed by atoms with Gasteiger partial charge in [0.05, 0.1) is 18.1 Å². The third-order valence-corrected chi connectivity index (χ3v) is 2.40. The molecule has 0 fully saturated rings. The number of halogens is 1. The van der Waals surface area contributed by atoms with Crippen molar-refractivity contribution in [2.75, 3.05) is 12.4 Å². The monoisotopic (exact) mass is 249 g/mol. The molecule has 6 heteroatoms. The molecule has 0 bridgehead atoms. The first-order chi connectivity index (χ1) is 8.72. The molecule has 0 unspecified atom stereocenters. The Morgan fingerprint density at radius 3 is 3.00 bits per heavy atom. The van der Waals surface area contributed by atoms with E-state index in [9.17, 15) is 9.18 Å². The summed E-state index contributed by atoms with van der Waals surface area (Å²) < 4.78 is 18.7. The predicted octanol–water partition coefficient (Wildman–Crippen LogP) is 1.79. The fourth-order valence-corrected chi connectivity index (χ4v) is 1.46. The molecule has 0 aliphatic carbocycles. The smallest absolute Gasteiger partial charge is 0.254 e. The van der Waals surface area contributed by atoms with Gasteiger partial charge < -0.3 is 15.1 Å². The van der Waals surface area contributed by atoms with Gasteiger partial charge in [0.15, 0.2) is 11.6 Å². The molecule has 0 aliphatic rings. The fourth-order valence-electron chi connectivity index (χ4n) is 1.46. The van der Waals surface area contributed by atoms with E-state index in [1.807, 2.05) is 0 Å². The van der Waals surface area contributed by atoms with E-state index in [-0.39, 0.29) is 17.9 Å². The summed E-state index contributed by atoms with van der Waals surface area (Å²) >= 11 is 0. The quantitative estimate of drug-likeness (QED) is 0.866. The highest BCUT2D eigenvalue weighted by molar-refractivity contribution is 5.95. The van der Waals surface area contributed by atoms with Gasteiger partial charge in [-0.05, 0) is 12.1 Å². The van der Waals surface area contributed by atoms with E-state index >= 15 is 0 Å². The Hall–Kier alpha value is -2.37. The molecule has 18 heavy (non-hydrogen) atoms. The lowest BCUT2D eigenvalue weighted by atomic mass is 10.2. The number of carbonyl (C=O) groups is 1. The molecule has 2 aromatic rings. The van der Waals surface area contributed by atoms with Crippen LogP contribution in [0.2, 0.25) is 0 Å². The Labute approximate surface area is 103 Å². The fraction of sp³-hybridized carbons (Fsp3) is 0.167. The number of hydrogen-bond donors (Lipinski definition) is 2.